The van der Waals surface area contributed by atoms with E-state index in [-0.39, 0.29) is 17.9 Å². The van der Waals surface area contributed by atoms with Gasteiger partial charge in [-0.3, -0.25) is 0 Å². The fraction of sp³-hybridized carbons (Fsp3) is 0.333. The van der Waals surface area contributed by atoms with Gasteiger partial charge in [-0.25, -0.2) is 14.4 Å². The molecule has 5 rings (SSSR count). The van der Waals surface area contributed by atoms with E-state index in [0.717, 1.165) is 36.1 Å². The van der Waals surface area contributed by atoms with Crippen LogP contribution >= 0.6 is 0 Å². The summed E-state index contributed by atoms with van der Waals surface area (Å²) in [4.78, 5) is 23.1. The van der Waals surface area contributed by atoms with E-state index in [4.69, 9.17) is 10.5 Å². The number of hydrogen-bond acceptors (Lipinski definition) is 8. The van der Waals surface area contributed by atoms with Crippen molar-refractivity contribution in [2.24, 2.45) is 5.73 Å². The first-order chi connectivity index (χ1) is 15.1. The first-order valence-corrected chi connectivity index (χ1v) is 10.3. The molecular formula is C21H23FN8O. The lowest BCUT2D eigenvalue weighted by Gasteiger charge is -2.18. The van der Waals surface area contributed by atoms with Crippen LogP contribution in [0.2, 0.25) is 0 Å². The molecule has 0 spiro atoms. The summed E-state index contributed by atoms with van der Waals surface area (Å²) in [5.74, 6) is 1.50. The number of aromatic amines is 1. The van der Waals surface area contributed by atoms with Gasteiger partial charge in [0.25, 0.3) is 0 Å². The van der Waals surface area contributed by atoms with Gasteiger partial charge in [-0.15, -0.1) is 0 Å². The highest BCUT2D eigenvalue weighted by molar-refractivity contribution is 6.14. The lowest BCUT2D eigenvalue weighted by atomic mass is 10.1. The van der Waals surface area contributed by atoms with Gasteiger partial charge in [-0.2, -0.15) is 9.97 Å². The molecule has 0 saturated carbocycles. The van der Waals surface area contributed by atoms with Gasteiger partial charge >= 0.3 is 6.01 Å². The van der Waals surface area contributed by atoms with Crippen LogP contribution in [0.15, 0.2) is 24.5 Å². The Labute approximate surface area is 177 Å². The van der Waals surface area contributed by atoms with Crippen molar-refractivity contribution < 1.29 is 9.13 Å². The van der Waals surface area contributed by atoms with Crippen molar-refractivity contribution in [2.45, 2.75) is 25.8 Å². The first-order valence-electron chi connectivity index (χ1n) is 10.3. The molecule has 0 amide bonds. The highest BCUT2D eigenvalue weighted by Gasteiger charge is 2.26. The van der Waals surface area contributed by atoms with Crippen molar-refractivity contribution in [3.05, 3.63) is 36.2 Å². The maximum absolute atomic E-state index is 14.3. The lowest BCUT2D eigenvalue weighted by Crippen LogP contribution is -2.27. The van der Waals surface area contributed by atoms with Gasteiger partial charge in [0.05, 0.1) is 29.0 Å². The molecule has 160 valence electrons. The van der Waals surface area contributed by atoms with Crippen LogP contribution in [0.25, 0.3) is 21.9 Å². The molecule has 4 aromatic rings. The fourth-order valence-corrected chi connectivity index (χ4v) is 3.96. The number of hydrogen-bond donors (Lipinski definition) is 3. The number of fused-ring (bicyclic) bond motifs is 3. The average Bonchev–Trinajstić information content (AvgIpc) is 3.36. The van der Waals surface area contributed by atoms with E-state index in [1.807, 2.05) is 6.92 Å². The summed E-state index contributed by atoms with van der Waals surface area (Å²) in [6, 6.07) is 3.16. The molecule has 1 aliphatic heterocycles. The number of aromatic nitrogens is 5. The molecule has 1 fully saturated rings. The summed E-state index contributed by atoms with van der Waals surface area (Å²) in [6.07, 6.45) is 4.79. The van der Waals surface area contributed by atoms with Crippen LogP contribution in [-0.4, -0.2) is 51.1 Å². The third-order valence-electron chi connectivity index (χ3n) is 5.49. The second-order valence-corrected chi connectivity index (χ2v) is 7.59. The molecule has 0 bridgehead atoms. The van der Waals surface area contributed by atoms with E-state index in [2.05, 4.69) is 35.1 Å². The van der Waals surface area contributed by atoms with Crippen LogP contribution in [0.5, 0.6) is 11.8 Å². The number of aryl methyl sites for hydroxylation is 1. The Balaban J connectivity index is 1.68. The zero-order valence-corrected chi connectivity index (χ0v) is 17.3. The minimum atomic E-state index is -0.338. The van der Waals surface area contributed by atoms with Gasteiger partial charge in [0, 0.05) is 38.0 Å². The molecule has 1 aromatic carbocycles. The summed E-state index contributed by atoms with van der Waals surface area (Å²) < 4.78 is 20.2. The van der Waals surface area contributed by atoms with Gasteiger partial charge in [0.1, 0.15) is 23.1 Å². The molecule has 31 heavy (non-hydrogen) atoms. The average molecular weight is 422 g/mol. The number of nitrogens with zero attached hydrogens (tertiary/aromatic N) is 5. The second-order valence-electron chi connectivity index (χ2n) is 7.59. The van der Waals surface area contributed by atoms with Gasteiger partial charge in [-0.1, -0.05) is 6.92 Å². The molecule has 4 N–H and O–H groups in total. The van der Waals surface area contributed by atoms with Crippen LogP contribution in [-0.2, 0) is 6.42 Å². The first kappa shape index (κ1) is 19.4. The van der Waals surface area contributed by atoms with Crippen LogP contribution in [0, 0.1) is 5.82 Å². The second kappa shape index (κ2) is 7.62. The molecule has 0 radical (unpaired) electrons. The van der Waals surface area contributed by atoms with E-state index >= 15 is 0 Å². The Hall–Kier alpha value is -3.53. The molecule has 1 atom stereocenters. The summed E-state index contributed by atoms with van der Waals surface area (Å²) in [5.41, 5.74) is 8.10. The SMILES string of the molecule is CCc1ncc(Oc2nc(N3CC[C@H](N)C3)c3c(n2)[nH]c2c(NC)cc(F)cc23)cn1. The standard InChI is InChI=1S/C21H23FN8O/c1-3-16-25-8-13(9-26-16)31-21-28-19-17(20(29-21)30-5-4-12(23)10-30)14-6-11(22)7-15(24-2)18(14)27-19/h6-9,12,24H,3-5,10,23H2,1-2H3,(H,27,28,29)/t12-/m0/s1. The third-order valence-corrected chi connectivity index (χ3v) is 5.49. The number of rotatable bonds is 5. The molecule has 9 nitrogen and oxygen atoms in total. The Morgan fingerprint density at radius 2 is 2.10 bits per heavy atom. The number of anilines is 2. The molecule has 0 aliphatic carbocycles. The number of nitrogens with two attached hydrogens (primary N) is 1. The molecule has 4 heterocycles. The van der Waals surface area contributed by atoms with Gasteiger partial charge < -0.3 is 25.7 Å². The Morgan fingerprint density at radius 1 is 1.29 bits per heavy atom. The van der Waals surface area contributed by atoms with Crippen molar-refractivity contribution in [2.75, 3.05) is 30.4 Å². The number of H-pyrrole nitrogens is 1. The van der Waals surface area contributed by atoms with E-state index in [1.54, 1.807) is 19.4 Å². The summed E-state index contributed by atoms with van der Waals surface area (Å²) >= 11 is 0. The van der Waals surface area contributed by atoms with E-state index in [1.165, 1.54) is 12.1 Å². The van der Waals surface area contributed by atoms with Crippen molar-refractivity contribution in [3.8, 4) is 11.8 Å². The molecule has 0 unspecified atom stereocenters. The predicted molar refractivity (Wildman–Crippen MR) is 117 cm³/mol. The highest BCUT2D eigenvalue weighted by atomic mass is 19.1. The molecule has 10 heteroatoms. The van der Waals surface area contributed by atoms with Crippen LogP contribution in [0.4, 0.5) is 15.9 Å². The van der Waals surface area contributed by atoms with Crippen molar-refractivity contribution in [1.29, 1.82) is 0 Å². The Kier molecular flexibility index (Phi) is 4.78. The number of nitrogens with one attached hydrogen (secondary N) is 2. The van der Waals surface area contributed by atoms with E-state index < -0.39 is 0 Å². The number of benzene rings is 1. The van der Waals surface area contributed by atoms with Crippen molar-refractivity contribution in [3.63, 3.8) is 0 Å². The topological polar surface area (TPSA) is 118 Å². The Bertz CT molecular complexity index is 1260. The normalized spacial score (nSPS) is 16.4. The third kappa shape index (κ3) is 3.48. The molecule has 1 aliphatic rings. The maximum atomic E-state index is 14.3. The quantitative estimate of drug-likeness (QED) is 0.449. The summed E-state index contributed by atoms with van der Waals surface area (Å²) in [5, 5.41) is 4.48. The van der Waals surface area contributed by atoms with E-state index in [0.29, 0.717) is 34.8 Å². The van der Waals surface area contributed by atoms with Gasteiger partial charge in [-0.05, 0) is 18.6 Å². The molecular weight excluding hydrogens is 399 g/mol. The number of halogens is 1. The zero-order valence-electron chi connectivity index (χ0n) is 17.3. The summed E-state index contributed by atoms with van der Waals surface area (Å²) in [7, 11) is 1.75. The van der Waals surface area contributed by atoms with Crippen LogP contribution < -0.4 is 20.7 Å². The lowest BCUT2D eigenvalue weighted by molar-refractivity contribution is 0.439. The highest BCUT2D eigenvalue weighted by Crippen LogP contribution is 2.37. The van der Waals surface area contributed by atoms with E-state index in [9.17, 15) is 4.39 Å². The number of ether oxygens (including phenoxy) is 1. The minimum Gasteiger partial charge on any atom is -0.421 e. The Morgan fingerprint density at radius 3 is 2.77 bits per heavy atom. The monoisotopic (exact) mass is 422 g/mol. The van der Waals surface area contributed by atoms with Gasteiger partial charge in [0.15, 0.2) is 5.75 Å². The summed E-state index contributed by atoms with van der Waals surface area (Å²) in [6.45, 7) is 3.39. The minimum absolute atomic E-state index is 0.0548. The zero-order chi connectivity index (χ0) is 21.5. The van der Waals surface area contributed by atoms with Gasteiger partial charge in [0.2, 0.25) is 0 Å². The van der Waals surface area contributed by atoms with Crippen LogP contribution in [0.1, 0.15) is 19.2 Å². The van der Waals surface area contributed by atoms with Crippen molar-refractivity contribution in [1.82, 2.24) is 24.9 Å². The molecule has 3 aromatic heterocycles. The smallest absolute Gasteiger partial charge is 0.326 e. The van der Waals surface area contributed by atoms with Crippen molar-refractivity contribution >= 4 is 33.4 Å². The largest absolute Gasteiger partial charge is 0.421 e. The van der Waals surface area contributed by atoms with Crippen LogP contribution in [0.3, 0.4) is 0 Å². The fourth-order valence-electron chi connectivity index (χ4n) is 3.96. The predicted octanol–water partition coefficient (Wildman–Crippen LogP) is 2.97. The maximum Gasteiger partial charge on any atom is 0.326 e. The molecule has 1 saturated heterocycles.